The second-order valence-electron chi connectivity index (χ2n) is 3.78. The molecule has 0 unspecified atom stereocenters. The second kappa shape index (κ2) is 3.11. The van der Waals surface area contributed by atoms with Crippen LogP contribution in [0.4, 0.5) is 0 Å². The lowest BCUT2D eigenvalue weighted by molar-refractivity contribution is 0.507. The van der Waals surface area contributed by atoms with Crippen LogP contribution >= 0.6 is 0 Å². The third-order valence-corrected chi connectivity index (χ3v) is 2.88. The minimum absolute atomic E-state index is 0.172. The van der Waals surface area contributed by atoms with Crippen LogP contribution in [0.1, 0.15) is 16.9 Å². The van der Waals surface area contributed by atoms with E-state index < -0.39 is 0 Å². The molecule has 0 amide bonds. The third-order valence-electron chi connectivity index (χ3n) is 2.88. The number of rotatable bonds is 0. The quantitative estimate of drug-likeness (QED) is 0.721. The van der Waals surface area contributed by atoms with Gasteiger partial charge in [-0.3, -0.25) is 4.79 Å². The molecule has 2 heterocycles. The largest absolute Gasteiger partial charge is 0.469 e. The maximum Gasteiger partial charge on any atom is 0.266 e. The van der Waals surface area contributed by atoms with Gasteiger partial charge in [0.25, 0.3) is 5.56 Å². The van der Waals surface area contributed by atoms with Crippen molar-refractivity contribution < 1.29 is 4.42 Å². The Bertz CT molecular complexity index is 658. The molecule has 0 saturated heterocycles. The van der Waals surface area contributed by atoms with E-state index in [9.17, 15) is 4.79 Å². The van der Waals surface area contributed by atoms with Crippen LogP contribution in [-0.2, 0) is 12.8 Å². The van der Waals surface area contributed by atoms with Gasteiger partial charge >= 0.3 is 0 Å². The number of aryl methyl sites for hydroxylation is 2. The van der Waals surface area contributed by atoms with Gasteiger partial charge in [0, 0.05) is 12.0 Å². The summed E-state index contributed by atoms with van der Waals surface area (Å²) >= 11 is 0. The molecule has 1 aliphatic rings. The van der Waals surface area contributed by atoms with Crippen LogP contribution in [0.2, 0.25) is 0 Å². The number of nitrogens with zero attached hydrogens (tertiary/aromatic N) is 1. The fraction of sp³-hybridized carbons (Fsp3) is 0.167. The van der Waals surface area contributed by atoms with Crippen molar-refractivity contribution in [2.45, 2.75) is 12.8 Å². The van der Waals surface area contributed by atoms with Crippen LogP contribution in [0.15, 0.2) is 27.6 Å². The highest BCUT2D eigenvalue weighted by Gasteiger charge is 2.20. The molecule has 16 heavy (non-hydrogen) atoms. The lowest BCUT2D eigenvalue weighted by Crippen LogP contribution is -2.15. The van der Waals surface area contributed by atoms with E-state index >= 15 is 0 Å². The fourth-order valence-corrected chi connectivity index (χ4v) is 2.10. The van der Waals surface area contributed by atoms with Gasteiger partial charge in [-0.2, -0.15) is 5.26 Å². The highest BCUT2D eigenvalue weighted by molar-refractivity contribution is 5.68. The summed E-state index contributed by atoms with van der Waals surface area (Å²) in [7, 11) is 0. The molecule has 0 atom stereocenters. The van der Waals surface area contributed by atoms with Crippen molar-refractivity contribution in [1.29, 1.82) is 5.26 Å². The lowest BCUT2D eigenvalue weighted by atomic mass is 9.94. The molecule has 0 aliphatic heterocycles. The van der Waals surface area contributed by atoms with Crippen LogP contribution in [0.3, 0.4) is 0 Å². The first-order valence-corrected chi connectivity index (χ1v) is 5.02. The zero-order valence-corrected chi connectivity index (χ0v) is 8.41. The lowest BCUT2D eigenvalue weighted by Gasteiger charge is -2.14. The Morgan fingerprint density at radius 1 is 1.44 bits per heavy atom. The van der Waals surface area contributed by atoms with Gasteiger partial charge in [0.05, 0.1) is 12.0 Å². The maximum atomic E-state index is 11.5. The molecule has 0 fully saturated rings. The number of hydrogen-bond acceptors (Lipinski definition) is 3. The van der Waals surface area contributed by atoms with E-state index in [1.165, 1.54) is 0 Å². The van der Waals surface area contributed by atoms with Crippen LogP contribution in [0.25, 0.3) is 11.3 Å². The fourth-order valence-electron chi connectivity index (χ4n) is 2.10. The van der Waals surface area contributed by atoms with E-state index in [1.54, 1.807) is 12.3 Å². The van der Waals surface area contributed by atoms with Gasteiger partial charge < -0.3 is 9.40 Å². The summed E-state index contributed by atoms with van der Waals surface area (Å²) in [4.78, 5) is 14.3. The summed E-state index contributed by atoms with van der Waals surface area (Å²) in [6, 6.07) is 5.41. The predicted octanol–water partition coefficient (Wildman–Crippen LogP) is 1.61. The number of H-pyrrole nitrogens is 1. The molecule has 1 N–H and O–H groups in total. The first kappa shape index (κ1) is 8.98. The Hall–Kier alpha value is -2.28. The topological polar surface area (TPSA) is 69.8 Å². The number of fused-ring (bicyclic) bond motifs is 3. The molecule has 2 aromatic heterocycles. The van der Waals surface area contributed by atoms with Gasteiger partial charge in [-0.1, -0.05) is 0 Å². The van der Waals surface area contributed by atoms with Gasteiger partial charge in [0.1, 0.15) is 17.4 Å². The van der Waals surface area contributed by atoms with Crippen molar-refractivity contribution in [2.75, 3.05) is 0 Å². The maximum absolute atomic E-state index is 11.5. The van der Waals surface area contributed by atoms with Crippen molar-refractivity contribution in [1.82, 2.24) is 4.98 Å². The number of hydrogen-bond donors (Lipinski definition) is 1. The van der Waals surface area contributed by atoms with Crippen molar-refractivity contribution in [3.63, 3.8) is 0 Å². The number of aromatic nitrogens is 1. The molecule has 4 nitrogen and oxygen atoms in total. The molecule has 2 aromatic rings. The SMILES string of the molecule is N#Cc1cc2c([nH]c1=O)-c1ccoc1CC2. The minimum Gasteiger partial charge on any atom is -0.469 e. The monoisotopic (exact) mass is 212 g/mol. The van der Waals surface area contributed by atoms with Gasteiger partial charge in [0.2, 0.25) is 0 Å². The molecular weight excluding hydrogens is 204 g/mol. The van der Waals surface area contributed by atoms with Gasteiger partial charge in [-0.15, -0.1) is 0 Å². The number of nitrogens with one attached hydrogen (secondary N) is 1. The van der Waals surface area contributed by atoms with Crippen LogP contribution in [0.5, 0.6) is 0 Å². The Morgan fingerprint density at radius 3 is 3.12 bits per heavy atom. The van der Waals surface area contributed by atoms with Crippen molar-refractivity contribution in [2.24, 2.45) is 0 Å². The van der Waals surface area contributed by atoms with E-state index in [4.69, 9.17) is 9.68 Å². The Labute approximate surface area is 91.1 Å². The summed E-state index contributed by atoms with van der Waals surface area (Å²) in [6.45, 7) is 0. The first-order valence-electron chi connectivity index (χ1n) is 5.02. The molecule has 3 rings (SSSR count). The predicted molar refractivity (Wildman–Crippen MR) is 56.9 cm³/mol. The Morgan fingerprint density at radius 2 is 2.31 bits per heavy atom. The zero-order valence-electron chi connectivity index (χ0n) is 8.41. The van der Waals surface area contributed by atoms with Gasteiger partial charge in [-0.05, 0) is 24.1 Å². The molecule has 1 aliphatic carbocycles. The van der Waals surface area contributed by atoms with E-state index in [0.29, 0.717) is 0 Å². The molecule has 0 radical (unpaired) electrons. The first-order chi connectivity index (χ1) is 7.79. The third kappa shape index (κ3) is 1.12. The van der Waals surface area contributed by atoms with Gasteiger partial charge in [-0.25, -0.2) is 0 Å². The summed E-state index contributed by atoms with van der Waals surface area (Å²) in [5, 5.41) is 8.79. The van der Waals surface area contributed by atoms with E-state index in [-0.39, 0.29) is 11.1 Å². The zero-order chi connectivity index (χ0) is 11.1. The van der Waals surface area contributed by atoms with Crippen molar-refractivity contribution in [3.05, 3.63) is 45.6 Å². The summed E-state index contributed by atoms with van der Waals surface area (Å²) in [5.41, 5.74) is 2.56. The highest BCUT2D eigenvalue weighted by Crippen LogP contribution is 2.31. The van der Waals surface area contributed by atoms with Crippen LogP contribution in [-0.4, -0.2) is 4.98 Å². The number of pyridine rings is 1. The average Bonchev–Trinajstić information content (AvgIpc) is 2.76. The summed E-state index contributed by atoms with van der Waals surface area (Å²) < 4.78 is 5.32. The number of aromatic amines is 1. The molecular formula is C12H8N2O2. The van der Waals surface area contributed by atoms with Crippen LogP contribution in [0, 0.1) is 11.3 Å². The number of nitriles is 1. The van der Waals surface area contributed by atoms with Crippen LogP contribution < -0.4 is 5.56 Å². The number of furan rings is 1. The Balaban J connectivity index is 2.32. The molecule has 78 valence electrons. The molecule has 4 heteroatoms. The summed E-state index contributed by atoms with van der Waals surface area (Å²) in [5.74, 6) is 0.896. The van der Waals surface area contributed by atoms with E-state index in [1.807, 2.05) is 12.1 Å². The minimum atomic E-state index is -0.338. The van der Waals surface area contributed by atoms with E-state index in [0.717, 1.165) is 35.4 Å². The van der Waals surface area contributed by atoms with Crippen molar-refractivity contribution in [3.8, 4) is 17.3 Å². The molecule has 0 bridgehead atoms. The normalized spacial score (nSPS) is 12.7. The van der Waals surface area contributed by atoms with Crippen molar-refractivity contribution >= 4 is 0 Å². The standard InChI is InChI=1S/C12H8N2O2/c13-6-8-5-7-1-2-10-9(3-4-16-10)11(7)14-12(8)15/h3-5H,1-2H2,(H,14,15). The van der Waals surface area contributed by atoms with Gasteiger partial charge in [0.15, 0.2) is 0 Å². The molecule has 0 aromatic carbocycles. The molecule has 0 spiro atoms. The van der Waals surface area contributed by atoms with E-state index in [2.05, 4.69) is 4.98 Å². The smallest absolute Gasteiger partial charge is 0.266 e. The average molecular weight is 212 g/mol. The Kier molecular flexibility index (Phi) is 1.74. The highest BCUT2D eigenvalue weighted by atomic mass is 16.3. The second-order valence-corrected chi connectivity index (χ2v) is 3.78. The molecule has 0 saturated carbocycles. The summed E-state index contributed by atoms with van der Waals surface area (Å²) in [6.07, 6.45) is 3.23.